The van der Waals surface area contributed by atoms with E-state index in [4.69, 9.17) is 5.73 Å². The summed E-state index contributed by atoms with van der Waals surface area (Å²) in [4.78, 5) is 11.7. The monoisotopic (exact) mass is 291 g/mol. The third-order valence-corrected chi connectivity index (χ3v) is 2.94. The van der Waals surface area contributed by atoms with Gasteiger partial charge in [0.2, 0.25) is 0 Å². The van der Waals surface area contributed by atoms with Crippen molar-refractivity contribution in [1.29, 1.82) is 0 Å². The fourth-order valence-corrected chi connectivity index (χ4v) is 1.75. The smallest absolute Gasteiger partial charge is 0.323 e. The molecule has 0 radical (unpaired) electrons. The quantitative estimate of drug-likeness (QED) is 0.811. The van der Waals surface area contributed by atoms with Crippen molar-refractivity contribution >= 4 is 17.4 Å². The van der Waals surface area contributed by atoms with Crippen LogP contribution in [0.3, 0.4) is 0 Å². The Labute approximate surface area is 121 Å². The number of hydrogen-bond acceptors (Lipinski definition) is 2. The summed E-state index contributed by atoms with van der Waals surface area (Å²) in [6, 6.07) is 8.20. The molecule has 0 saturated carbocycles. The number of amides is 2. The summed E-state index contributed by atoms with van der Waals surface area (Å²) in [6.45, 7) is 1.85. The van der Waals surface area contributed by atoms with Gasteiger partial charge in [-0.15, -0.1) is 0 Å². The predicted molar refractivity (Wildman–Crippen MR) is 78.1 cm³/mol. The molecule has 0 spiro atoms. The molecule has 4 nitrogen and oxygen atoms in total. The van der Waals surface area contributed by atoms with Gasteiger partial charge in [0.15, 0.2) is 0 Å². The molecule has 0 aliphatic carbocycles. The van der Waals surface area contributed by atoms with Crippen molar-refractivity contribution in [3.05, 3.63) is 59.2 Å². The molecule has 2 rings (SSSR count). The number of hydrogen-bond donors (Lipinski definition) is 3. The van der Waals surface area contributed by atoms with Gasteiger partial charge < -0.3 is 16.4 Å². The fraction of sp³-hybridized carbons (Fsp3) is 0.133. The number of nitrogens with two attached hydrogens (primary N) is 1. The Morgan fingerprint density at radius 3 is 2.38 bits per heavy atom. The van der Waals surface area contributed by atoms with E-state index in [1.165, 1.54) is 6.92 Å². The first-order chi connectivity index (χ1) is 9.99. The zero-order valence-corrected chi connectivity index (χ0v) is 11.4. The summed E-state index contributed by atoms with van der Waals surface area (Å²) in [5.74, 6) is -1.28. The molecule has 6 heteroatoms. The summed E-state index contributed by atoms with van der Waals surface area (Å²) in [5, 5.41) is 4.79. The molecule has 4 N–H and O–H groups in total. The lowest BCUT2D eigenvalue weighted by Crippen LogP contribution is -2.20. The van der Waals surface area contributed by atoms with Crippen LogP contribution in [0.4, 0.5) is 25.0 Å². The number of urea groups is 1. The first kappa shape index (κ1) is 14.9. The van der Waals surface area contributed by atoms with Crippen LogP contribution in [0.2, 0.25) is 0 Å². The number of anilines is 2. The summed E-state index contributed by atoms with van der Waals surface area (Å²) < 4.78 is 27.0. The molecule has 0 fully saturated rings. The van der Waals surface area contributed by atoms with Crippen molar-refractivity contribution in [3.63, 3.8) is 0 Å². The van der Waals surface area contributed by atoms with E-state index in [9.17, 15) is 13.6 Å². The van der Waals surface area contributed by atoms with Gasteiger partial charge in [-0.05, 0) is 36.2 Å². The molecular weight excluding hydrogens is 276 g/mol. The Bertz CT molecular complexity index is 657. The van der Waals surface area contributed by atoms with Crippen LogP contribution in [0.15, 0.2) is 36.4 Å². The molecule has 0 unspecified atom stereocenters. The highest BCUT2D eigenvalue weighted by atomic mass is 19.1. The van der Waals surface area contributed by atoms with Crippen molar-refractivity contribution in [2.75, 3.05) is 10.6 Å². The molecule has 0 saturated heterocycles. The van der Waals surface area contributed by atoms with Gasteiger partial charge >= 0.3 is 6.03 Å². The normalized spacial score (nSPS) is 10.3. The largest absolute Gasteiger partial charge is 0.326 e. The zero-order chi connectivity index (χ0) is 15.4. The second-order valence-corrected chi connectivity index (χ2v) is 4.56. The molecule has 0 aliphatic heterocycles. The highest BCUT2D eigenvalue weighted by Crippen LogP contribution is 2.19. The minimum Gasteiger partial charge on any atom is -0.326 e. The number of carbonyl (C=O) groups excluding carboxylic acids is 1. The molecule has 2 aromatic carbocycles. The van der Waals surface area contributed by atoms with E-state index in [0.717, 1.165) is 17.7 Å². The van der Waals surface area contributed by atoms with Gasteiger partial charge in [0.1, 0.15) is 11.6 Å². The topological polar surface area (TPSA) is 67.2 Å². The van der Waals surface area contributed by atoms with Crippen LogP contribution >= 0.6 is 0 Å². The van der Waals surface area contributed by atoms with E-state index in [2.05, 4.69) is 10.6 Å². The van der Waals surface area contributed by atoms with E-state index < -0.39 is 17.7 Å². The number of rotatable bonds is 3. The van der Waals surface area contributed by atoms with Crippen molar-refractivity contribution in [2.24, 2.45) is 5.73 Å². The third-order valence-electron chi connectivity index (χ3n) is 2.94. The Kier molecular flexibility index (Phi) is 4.49. The van der Waals surface area contributed by atoms with Crippen LogP contribution in [0, 0.1) is 18.6 Å². The molecule has 0 atom stereocenters. The Balaban J connectivity index is 2.06. The summed E-state index contributed by atoms with van der Waals surface area (Å²) in [7, 11) is 0. The number of nitrogens with one attached hydrogen (secondary N) is 2. The van der Waals surface area contributed by atoms with E-state index >= 15 is 0 Å². The predicted octanol–water partition coefficient (Wildman–Crippen LogP) is 3.38. The standard InChI is InChI=1S/C15H15F2N3O/c1-9-6-13(17)14(7-12(9)16)20-15(21)19-11-4-2-10(8-18)3-5-11/h2-7H,8,18H2,1H3,(H2,19,20,21). The van der Waals surface area contributed by atoms with Crippen LogP contribution in [0.1, 0.15) is 11.1 Å². The number of benzene rings is 2. The van der Waals surface area contributed by atoms with E-state index in [0.29, 0.717) is 12.2 Å². The maximum absolute atomic E-state index is 13.6. The SMILES string of the molecule is Cc1cc(F)c(NC(=O)Nc2ccc(CN)cc2)cc1F. The Hall–Kier alpha value is -2.47. The molecule has 2 amide bonds. The highest BCUT2D eigenvalue weighted by molar-refractivity contribution is 5.99. The summed E-state index contributed by atoms with van der Waals surface area (Å²) >= 11 is 0. The lowest BCUT2D eigenvalue weighted by molar-refractivity contribution is 0.262. The first-order valence-corrected chi connectivity index (χ1v) is 6.32. The molecule has 2 aromatic rings. The molecule has 21 heavy (non-hydrogen) atoms. The summed E-state index contributed by atoms with van der Waals surface area (Å²) in [6.07, 6.45) is 0. The van der Waals surface area contributed by atoms with Gasteiger partial charge in [0, 0.05) is 18.3 Å². The van der Waals surface area contributed by atoms with E-state index in [-0.39, 0.29) is 11.3 Å². The van der Waals surface area contributed by atoms with Crippen LogP contribution in [0.25, 0.3) is 0 Å². The maximum Gasteiger partial charge on any atom is 0.323 e. The number of halogens is 2. The third kappa shape index (κ3) is 3.76. The van der Waals surface area contributed by atoms with Crippen molar-refractivity contribution in [3.8, 4) is 0 Å². The second-order valence-electron chi connectivity index (χ2n) is 4.56. The van der Waals surface area contributed by atoms with Crippen LogP contribution < -0.4 is 16.4 Å². The van der Waals surface area contributed by atoms with Crippen molar-refractivity contribution < 1.29 is 13.6 Å². The van der Waals surface area contributed by atoms with Crippen molar-refractivity contribution in [1.82, 2.24) is 0 Å². The van der Waals surface area contributed by atoms with Gasteiger partial charge in [-0.3, -0.25) is 0 Å². The number of aryl methyl sites for hydroxylation is 1. The fourth-order valence-electron chi connectivity index (χ4n) is 1.75. The summed E-state index contributed by atoms with van der Waals surface area (Å²) in [5.41, 5.74) is 6.88. The minimum absolute atomic E-state index is 0.177. The van der Waals surface area contributed by atoms with Crippen LogP contribution in [0.5, 0.6) is 0 Å². The first-order valence-electron chi connectivity index (χ1n) is 6.32. The van der Waals surface area contributed by atoms with Crippen LogP contribution in [-0.4, -0.2) is 6.03 Å². The van der Waals surface area contributed by atoms with Crippen molar-refractivity contribution in [2.45, 2.75) is 13.5 Å². The average Bonchev–Trinajstić information content (AvgIpc) is 2.45. The Morgan fingerprint density at radius 1 is 1.10 bits per heavy atom. The molecule has 0 bridgehead atoms. The lowest BCUT2D eigenvalue weighted by Gasteiger charge is -2.10. The van der Waals surface area contributed by atoms with Gasteiger partial charge in [-0.2, -0.15) is 0 Å². The lowest BCUT2D eigenvalue weighted by atomic mass is 10.2. The maximum atomic E-state index is 13.6. The van der Waals surface area contributed by atoms with Gasteiger partial charge in [0.05, 0.1) is 5.69 Å². The zero-order valence-electron chi connectivity index (χ0n) is 11.4. The number of carbonyl (C=O) groups is 1. The second kappa shape index (κ2) is 6.32. The molecule has 0 aliphatic rings. The Morgan fingerprint density at radius 2 is 1.76 bits per heavy atom. The van der Waals surface area contributed by atoms with Gasteiger partial charge in [-0.1, -0.05) is 12.1 Å². The van der Waals surface area contributed by atoms with Gasteiger partial charge in [0.25, 0.3) is 0 Å². The molecule has 0 aromatic heterocycles. The van der Waals surface area contributed by atoms with E-state index in [1.54, 1.807) is 24.3 Å². The molecular formula is C15H15F2N3O. The average molecular weight is 291 g/mol. The minimum atomic E-state index is -0.692. The van der Waals surface area contributed by atoms with Crippen LogP contribution in [-0.2, 0) is 6.54 Å². The molecule has 110 valence electrons. The van der Waals surface area contributed by atoms with Gasteiger partial charge in [-0.25, -0.2) is 13.6 Å². The highest BCUT2D eigenvalue weighted by Gasteiger charge is 2.10. The van der Waals surface area contributed by atoms with E-state index in [1.807, 2.05) is 0 Å². The molecule has 0 heterocycles.